The number of fused-ring (bicyclic) bond motifs is 2. The first-order chi connectivity index (χ1) is 15.4. The number of phenols is 1. The largest absolute Gasteiger partial charge is 0.507 e. The van der Waals surface area contributed by atoms with Crippen molar-refractivity contribution < 1.29 is 14.7 Å². The van der Waals surface area contributed by atoms with Gasteiger partial charge in [0.25, 0.3) is 11.8 Å². The van der Waals surface area contributed by atoms with E-state index in [1.807, 2.05) is 31.1 Å². The minimum absolute atomic E-state index is 0.0638. The first-order valence-corrected chi connectivity index (χ1v) is 10.9. The van der Waals surface area contributed by atoms with Crippen LogP contribution in [0.5, 0.6) is 5.75 Å². The van der Waals surface area contributed by atoms with Crippen LogP contribution in [0.2, 0.25) is 0 Å². The fraction of sp³-hybridized carbons (Fsp3) is 0.375. The molecule has 2 aromatic carbocycles. The molecule has 3 N–H and O–H groups in total. The third-order valence-corrected chi connectivity index (χ3v) is 5.80. The van der Waals surface area contributed by atoms with Crippen LogP contribution in [0.25, 0.3) is 10.9 Å². The summed E-state index contributed by atoms with van der Waals surface area (Å²) in [7, 11) is 3.92. The Morgan fingerprint density at radius 3 is 2.72 bits per heavy atom. The number of phenolic OH excluding ortho intramolecular Hbond substituents is 1. The molecule has 1 aliphatic rings. The van der Waals surface area contributed by atoms with Gasteiger partial charge in [-0.1, -0.05) is 19.4 Å². The third kappa shape index (κ3) is 4.31. The number of amides is 2. The summed E-state index contributed by atoms with van der Waals surface area (Å²) in [5.41, 5.74) is 4.44. The number of aromatic hydroxyl groups is 1. The molecule has 8 heteroatoms. The smallest absolute Gasteiger partial charge is 0.258 e. The van der Waals surface area contributed by atoms with Crippen molar-refractivity contribution in [3.05, 3.63) is 58.3 Å². The summed E-state index contributed by atoms with van der Waals surface area (Å²) in [6, 6.07) is 8.85. The molecule has 0 saturated carbocycles. The Morgan fingerprint density at radius 2 is 1.97 bits per heavy atom. The van der Waals surface area contributed by atoms with Gasteiger partial charge in [0.1, 0.15) is 5.75 Å². The lowest BCUT2D eigenvalue weighted by molar-refractivity contribution is 0.0748. The Balaban J connectivity index is 1.51. The molecular formula is C24H29N5O3. The number of benzene rings is 2. The van der Waals surface area contributed by atoms with Crippen molar-refractivity contribution in [3.8, 4) is 5.75 Å². The van der Waals surface area contributed by atoms with Crippen LogP contribution in [-0.2, 0) is 19.5 Å². The quantitative estimate of drug-likeness (QED) is 0.530. The van der Waals surface area contributed by atoms with Crippen LogP contribution in [0.15, 0.2) is 30.3 Å². The zero-order chi connectivity index (χ0) is 22.8. The van der Waals surface area contributed by atoms with Gasteiger partial charge >= 0.3 is 0 Å². The van der Waals surface area contributed by atoms with Crippen LogP contribution < -0.4 is 5.32 Å². The highest BCUT2D eigenvalue weighted by molar-refractivity contribution is 6.01. The Hall–Kier alpha value is -3.39. The Labute approximate surface area is 187 Å². The highest BCUT2D eigenvalue weighted by Gasteiger charge is 2.27. The molecule has 2 heterocycles. The number of aromatic amines is 1. The van der Waals surface area contributed by atoms with Crippen LogP contribution in [-0.4, -0.2) is 64.1 Å². The first kappa shape index (κ1) is 21.8. The number of rotatable bonds is 7. The molecule has 4 rings (SSSR count). The summed E-state index contributed by atoms with van der Waals surface area (Å²) in [4.78, 5) is 29.4. The van der Waals surface area contributed by atoms with Gasteiger partial charge in [0.2, 0.25) is 0 Å². The molecule has 0 atom stereocenters. The van der Waals surface area contributed by atoms with Crippen molar-refractivity contribution in [2.24, 2.45) is 0 Å². The van der Waals surface area contributed by atoms with E-state index in [1.54, 1.807) is 23.1 Å². The molecule has 0 spiro atoms. The third-order valence-electron chi connectivity index (χ3n) is 5.80. The molecule has 0 fully saturated rings. The molecule has 0 radical (unpaired) electrons. The molecule has 32 heavy (non-hydrogen) atoms. The summed E-state index contributed by atoms with van der Waals surface area (Å²) >= 11 is 0. The fourth-order valence-corrected chi connectivity index (χ4v) is 4.05. The summed E-state index contributed by atoms with van der Waals surface area (Å²) in [5, 5.41) is 21.5. The number of carbonyl (C=O) groups is 2. The van der Waals surface area contributed by atoms with E-state index in [0.717, 1.165) is 47.1 Å². The molecule has 3 aromatic rings. The number of H-pyrrole nitrogens is 1. The van der Waals surface area contributed by atoms with Gasteiger partial charge in [0.05, 0.1) is 16.8 Å². The van der Waals surface area contributed by atoms with E-state index in [4.69, 9.17) is 0 Å². The second kappa shape index (κ2) is 9.00. The van der Waals surface area contributed by atoms with E-state index in [0.29, 0.717) is 25.2 Å². The number of aromatic nitrogens is 2. The topological polar surface area (TPSA) is 102 Å². The molecular weight excluding hydrogens is 406 g/mol. The summed E-state index contributed by atoms with van der Waals surface area (Å²) in [6.45, 7) is 4.26. The minimum atomic E-state index is -0.235. The van der Waals surface area contributed by atoms with Gasteiger partial charge in [-0.15, -0.1) is 0 Å². The lowest BCUT2D eigenvalue weighted by atomic mass is 10.1. The molecule has 8 nitrogen and oxygen atoms in total. The Kier molecular flexibility index (Phi) is 6.14. The van der Waals surface area contributed by atoms with Crippen molar-refractivity contribution in [2.45, 2.75) is 32.9 Å². The summed E-state index contributed by atoms with van der Waals surface area (Å²) in [6.07, 6.45) is 1.74. The molecule has 2 amide bonds. The number of aryl methyl sites for hydroxylation is 1. The van der Waals surface area contributed by atoms with Crippen molar-refractivity contribution in [1.82, 2.24) is 25.3 Å². The van der Waals surface area contributed by atoms with E-state index in [-0.39, 0.29) is 23.1 Å². The van der Waals surface area contributed by atoms with Gasteiger partial charge in [0, 0.05) is 43.2 Å². The van der Waals surface area contributed by atoms with Crippen LogP contribution in [0.4, 0.5) is 0 Å². The fourth-order valence-electron chi connectivity index (χ4n) is 4.05. The average molecular weight is 436 g/mol. The van der Waals surface area contributed by atoms with E-state index in [1.165, 1.54) is 0 Å². The second-order valence-electron chi connectivity index (χ2n) is 8.54. The minimum Gasteiger partial charge on any atom is -0.507 e. The maximum atomic E-state index is 13.2. The average Bonchev–Trinajstić information content (AvgIpc) is 3.36. The second-order valence-corrected chi connectivity index (χ2v) is 8.54. The Bertz CT molecular complexity index is 1170. The van der Waals surface area contributed by atoms with E-state index in [2.05, 4.69) is 22.4 Å². The zero-order valence-electron chi connectivity index (χ0n) is 18.7. The maximum absolute atomic E-state index is 13.2. The van der Waals surface area contributed by atoms with Crippen LogP contribution in [0.1, 0.15) is 50.9 Å². The molecule has 0 bridgehead atoms. The van der Waals surface area contributed by atoms with Gasteiger partial charge in [0.15, 0.2) is 0 Å². The lowest BCUT2D eigenvalue weighted by Gasteiger charge is -2.16. The van der Waals surface area contributed by atoms with Crippen LogP contribution >= 0.6 is 0 Å². The van der Waals surface area contributed by atoms with Gasteiger partial charge in [-0.2, -0.15) is 5.10 Å². The molecule has 0 aliphatic carbocycles. The highest BCUT2D eigenvalue weighted by atomic mass is 16.3. The van der Waals surface area contributed by atoms with Crippen molar-refractivity contribution in [1.29, 1.82) is 0 Å². The first-order valence-electron chi connectivity index (χ1n) is 10.9. The van der Waals surface area contributed by atoms with Gasteiger partial charge in [-0.25, -0.2) is 0 Å². The van der Waals surface area contributed by atoms with Crippen LogP contribution in [0.3, 0.4) is 0 Å². The summed E-state index contributed by atoms with van der Waals surface area (Å²) < 4.78 is 0. The molecule has 1 aliphatic heterocycles. The number of hydrogen-bond donors (Lipinski definition) is 3. The predicted molar refractivity (Wildman–Crippen MR) is 123 cm³/mol. The predicted octanol–water partition coefficient (Wildman–Crippen LogP) is 2.67. The maximum Gasteiger partial charge on any atom is 0.258 e. The van der Waals surface area contributed by atoms with E-state index < -0.39 is 0 Å². The van der Waals surface area contributed by atoms with Crippen molar-refractivity contribution in [3.63, 3.8) is 0 Å². The SMILES string of the molecule is CCCc1n[nH]c2cc(O)c(C(=O)N3Cc4ccc(C(=O)NCCN(C)C)cc4C3)cc12. The van der Waals surface area contributed by atoms with Gasteiger partial charge in [-0.3, -0.25) is 14.7 Å². The van der Waals surface area contributed by atoms with Crippen molar-refractivity contribution in [2.75, 3.05) is 27.2 Å². The molecule has 1 aromatic heterocycles. The molecule has 0 unspecified atom stereocenters. The van der Waals surface area contributed by atoms with Crippen molar-refractivity contribution >= 4 is 22.7 Å². The normalized spacial score (nSPS) is 13.1. The van der Waals surface area contributed by atoms with Crippen LogP contribution in [0, 0.1) is 0 Å². The standard InChI is InChI=1S/C24H29N5O3/c1-4-5-20-18-11-19(22(30)12-21(18)27-26-20)24(32)29-13-16-7-6-15(10-17(16)14-29)23(31)25-8-9-28(2)3/h6-7,10-12,30H,4-5,8-9,13-14H2,1-3H3,(H,25,31)(H,26,27). The Morgan fingerprint density at radius 1 is 1.19 bits per heavy atom. The number of nitrogens with one attached hydrogen (secondary N) is 2. The van der Waals surface area contributed by atoms with E-state index in [9.17, 15) is 14.7 Å². The number of hydrogen-bond acceptors (Lipinski definition) is 5. The summed E-state index contributed by atoms with van der Waals surface area (Å²) in [5.74, 6) is -0.418. The molecule has 168 valence electrons. The monoisotopic (exact) mass is 435 g/mol. The number of nitrogens with zero attached hydrogens (tertiary/aromatic N) is 3. The molecule has 0 saturated heterocycles. The number of likely N-dealkylation sites (N-methyl/N-ethyl adjacent to an activating group) is 1. The zero-order valence-corrected chi connectivity index (χ0v) is 18.7. The van der Waals surface area contributed by atoms with E-state index >= 15 is 0 Å². The lowest BCUT2D eigenvalue weighted by Crippen LogP contribution is -2.31. The highest BCUT2D eigenvalue weighted by Crippen LogP contribution is 2.31. The van der Waals surface area contributed by atoms with Gasteiger partial charge < -0.3 is 20.2 Å². The number of carbonyl (C=O) groups excluding carboxylic acids is 2. The van der Waals surface area contributed by atoms with Gasteiger partial charge in [-0.05, 0) is 49.8 Å².